The molecule has 0 amide bonds. The predicted octanol–water partition coefficient (Wildman–Crippen LogP) is 0.615. The van der Waals surface area contributed by atoms with Crippen LogP contribution in [0.15, 0.2) is 21.7 Å². The summed E-state index contributed by atoms with van der Waals surface area (Å²) in [5.41, 5.74) is 2.72. The lowest BCUT2D eigenvalue weighted by Crippen LogP contribution is -2.41. The maximum atomic E-state index is 11.5. The van der Waals surface area contributed by atoms with E-state index in [9.17, 15) is 19.7 Å². The molecule has 0 atom stereocenters. The number of nitrogens with one attached hydrogen (secondary N) is 3. The largest absolute Gasteiger partial charge is 0.316 e. The fraction of sp³-hybridized carbons (Fsp3) is 0.429. The molecule has 9 nitrogen and oxygen atoms in total. The number of aromatic amines is 2. The zero-order valence-electron chi connectivity index (χ0n) is 12.4. The summed E-state index contributed by atoms with van der Waals surface area (Å²) in [5, 5.41) is 13.1. The zero-order valence-corrected chi connectivity index (χ0v) is 12.4. The molecule has 1 saturated heterocycles. The standard InChI is InChI=1S/C14H17N5O4/c20-13-14(21)17-12-9(8-15-18-4-2-1-3-5-18)6-10(19(22)23)7-11(12)16-13/h6-7,15H,1-5,8H2,(H,16,20)(H,17,21). The van der Waals surface area contributed by atoms with Gasteiger partial charge in [-0.1, -0.05) is 6.42 Å². The SMILES string of the molecule is O=c1[nH]c2cc([N+](=O)[O-])cc(CNN3CCCCC3)c2[nH]c1=O. The molecule has 1 aromatic heterocycles. The lowest BCUT2D eigenvalue weighted by molar-refractivity contribution is -0.384. The molecule has 0 unspecified atom stereocenters. The molecule has 0 radical (unpaired) electrons. The van der Waals surface area contributed by atoms with Gasteiger partial charge in [0.25, 0.3) is 5.69 Å². The van der Waals surface area contributed by atoms with Gasteiger partial charge in [0.05, 0.1) is 16.0 Å². The summed E-state index contributed by atoms with van der Waals surface area (Å²) in [7, 11) is 0. The maximum absolute atomic E-state index is 11.5. The Hall–Kier alpha value is -2.52. The predicted molar refractivity (Wildman–Crippen MR) is 84.1 cm³/mol. The molecule has 2 aromatic rings. The van der Waals surface area contributed by atoms with Crippen molar-refractivity contribution < 1.29 is 4.92 Å². The van der Waals surface area contributed by atoms with Gasteiger partial charge in [0.1, 0.15) is 0 Å². The molecule has 1 aromatic carbocycles. The first kappa shape index (κ1) is 15.4. The van der Waals surface area contributed by atoms with E-state index in [1.54, 1.807) is 0 Å². The van der Waals surface area contributed by atoms with Gasteiger partial charge in [-0.15, -0.1) is 0 Å². The van der Waals surface area contributed by atoms with E-state index in [1.165, 1.54) is 18.6 Å². The van der Waals surface area contributed by atoms with Crippen molar-refractivity contribution in [3.8, 4) is 0 Å². The summed E-state index contributed by atoms with van der Waals surface area (Å²) in [6.45, 7) is 2.17. The first-order chi connectivity index (χ1) is 11.0. The Morgan fingerprint density at radius 1 is 1.13 bits per heavy atom. The summed E-state index contributed by atoms with van der Waals surface area (Å²) < 4.78 is 0. The van der Waals surface area contributed by atoms with Crippen LogP contribution in [0.1, 0.15) is 24.8 Å². The fourth-order valence-corrected chi connectivity index (χ4v) is 2.77. The van der Waals surface area contributed by atoms with E-state index in [0.717, 1.165) is 25.9 Å². The second-order valence-electron chi connectivity index (χ2n) is 5.58. The number of piperidine rings is 1. The lowest BCUT2D eigenvalue weighted by Gasteiger charge is -2.27. The second-order valence-corrected chi connectivity index (χ2v) is 5.58. The van der Waals surface area contributed by atoms with E-state index >= 15 is 0 Å². The first-order valence-corrected chi connectivity index (χ1v) is 7.46. The van der Waals surface area contributed by atoms with Gasteiger partial charge in [-0.25, -0.2) is 5.01 Å². The molecule has 2 heterocycles. The number of fused-ring (bicyclic) bond motifs is 1. The minimum atomic E-state index is -0.826. The van der Waals surface area contributed by atoms with Crippen molar-refractivity contribution in [2.75, 3.05) is 13.1 Å². The number of H-pyrrole nitrogens is 2. The number of nitrogens with zero attached hydrogens (tertiary/aromatic N) is 2. The molecule has 1 aliphatic heterocycles. The van der Waals surface area contributed by atoms with Crippen molar-refractivity contribution in [3.63, 3.8) is 0 Å². The van der Waals surface area contributed by atoms with E-state index < -0.39 is 16.0 Å². The van der Waals surface area contributed by atoms with E-state index in [2.05, 4.69) is 20.4 Å². The summed E-state index contributed by atoms with van der Waals surface area (Å²) in [6.07, 6.45) is 3.41. The molecule has 3 rings (SSSR count). The van der Waals surface area contributed by atoms with Gasteiger partial charge < -0.3 is 9.97 Å². The highest BCUT2D eigenvalue weighted by Crippen LogP contribution is 2.21. The number of aromatic nitrogens is 2. The number of hydrogen-bond acceptors (Lipinski definition) is 6. The van der Waals surface area contributed by atoms with Crippen molar-refractivity contribution in [3.05, 3.63) is 48.5 Å². The smallest absolute Gasteiger partial charge is 0.314 e. The highest BCUT2D eigenvalue weighted by molar-refractivity contribution is 5.80. The maximum Gasteiger partial charge on any atom is 0.314 e. The summed E-state index contributed by atoms with van der Waals surface area (Å²) in [5.74, 6) is 0. The molecule has 3 N–H and O–H groups in total. The number of hydrogen-bond donors (Lipinski definition) is 3. The monoisotopic (exact) mass is 319 g/mol. The number of rotatable bonds is 4. The first-order valence-electron chi connectivity index (χ1n) is 7.46. The average Bonchev–Trinajstić information content (AvgIpc) is 2.54. The lowest BCUT2D eigenvalue weighted by atomic mass is 10.1. The van der Waals surface area contributed by atoms with Gasteiger partial charge in [-0.05, 0) is 18.4 Å². The molecule has 0 saturated carbocycles. The van der Waals surface area contributed by atoms with Crippen molar-refractivity contribution in [2.45, 2.75) is 25.8 Å². The molecule has 9 heteroatoms. The molecular weight excluding hydrogens is 302 g/mol. The molecule has 23 heavy (non-hydrogen) atoms. The number of nitro groups is 1. The van der Waals surface area contributed by atoms with E-state index in [4.69, 9.17) is 0 Å². The van der Waals surface area contributed by atoms with Gasteiger partial charge in [-0.2, -0.15) is 0 Å². The van der Waals surface area contributed by atoms with Crippen molar-refractivity contribution >= 4 is 16.7 Å². The van der Waals surface area contributed by atoms with Crippen LogP contribution in [0.5, 0.6) is 0 Å². The van der Waals surface area contributed by atoms with Crippen molar-refractivity contribution in [1.82, 2.24) is 20.4 Å². The summed E-state index contributed by atoms with van der Waals surface area (Å²) in [4.78, 5) is 38.4. The highest BCUT2D eigenvalue weighted by Gasteiger charge is 2.15. The molecular formula is C14H17N5O4. The number of benzene rings is 1. The summed E-state index contributed by atoms with van der Waals surface area (Å²) in [6, 6.07) is 2.66. The van der Waals surface area contributed by atoms with Crippen LogP contribution in [-0.4, -0.2) is 33.0 Å². The molecule has 0 bridgehead atoms. The van der Waals surface area contributed by atoms with E-state index in [0.29, 0.717) is 17.6 Å². The van der Waals surface area contributed by atoms with Crippen LogP contribution in [0.2, 0.25) is 0 Å². The third-order valence-electron chi connectivity index (χ3n) is 3.96. The van der Waals surface area contributed by atoms with Crippen molar-refractivity contribution in [2.24, 2.45) is 0 Å². The average molecular weight is 319 g/mol. The molecule has 0 aliphatic carbocycles. The number of nitro benzene ring substituents is 1. The van der Waals surface area contributed by atoms with Crippen LogP contribution in [0.4, 0.5) is 5.69 Å². The minimum absolute atomic E-state index is 0.129. The third-order valence-corrected chi connectivity index (χ3v) is 3.96. The van der Waals surface area contributed by atoms with Crippen LogP contribution in [0.25, 0.3) is 11.0 Å². The zero-order chi connectivity index (χ0) is 16.4. The van der Waals surface area contributed by atoms with Gasteiger partial charge in [0.2, 0.25) is 0 Å². The Balaban J connectivity index is 1.98. The molecule has 122 valence electrons. The third kappa shape index (κ3) is 3.30. The topological polar surface area (TPSA) is 124 Å². The molecule has 1 fully saturated rings. The van der Waals surface area contributed by atoms with Gasteiger partial charge in [-0.3, -0.25) is 25.1 Å². The van der Waals surface area contributed by atoms with Crippen LogP contribution in [0.3, 0.4) is 0 Å². The quantitative estimate of drug-likeness (QED) is 0.431. The number of non-ortho nitro benzene ring substituents is 1. The van der Waals surface area contributed by atoms with Gasteiger partial charge in [0, 0.05) is 31.8 Å². The summed E-state index contributed by atoms with van der Waals surface area (Å²) >= 11 is 0. The molecule has 1 aliphatic rings. The van der Waals surface area contributed by atoms with Gasteiger partial charge in [0.15, 0.2) is 0 Å². The minimum Gasteiger partial charge on any atom is -0.316 e. The van der Waals surface area contributed by atoms with Crippen LogP contribution >= 0.6 is 0 Å². The van der Waals surface area contributed by atoms with Crippen LogP contribution < -0.4 is 16.5 Å². The Labute approximate surface area is 130 Å². The van der Waals surface area contributed by atoms with Crippen LogP contribution in [-0.2, 0) is 6.54 Å². The Kier molecular flexibility index (Phi) is 4.22. The second kappa shape index (κ2) is 6.31. The Morgan fingerprint density at radius 2 is 1.83 bits per heavy atom. The van der Waals surface area contributed by atoms with E-state index in [-0.39, 0.29) is 11.2 Å². The molecule has 0 spiro atoms. The Morgan fingerprint density at radius 3 is 2.52 bits per heavy atom. The fourth-order valence-electron chi connectivity index (χ4n) is 2.77. The normalized spacial score (nSPS) is 15.8. The Bertz CT molecular complexity index is 850. The highest BCUT2D eigenvalue weighted by atomic mass is 16.6. The van der Waals surface area contributed by atoms with Crippen LogP contribution in [0, 0.1) is 10.1 Å². The van der Waals surface area contributed by atoms with E-state index in [1.807, 2.05) is 0 Å². The number of hydrazine groups is 1. The van der Waals surface area contributed by atoms with Gasteiger partial charge >= 0.3 is 11.1 Å². The van der Waals surface area contributed by atoms with Crippen molar-refractivity contribution in [1.29, 1.82) is 0 Å².